The molecular weight excluding hydrogens is 266 g/mol. The quantitative estimate of drug-likeness (QED) is 0.821. The van der Waals surface area contributed by atoms with E-state index >= 15 is 0 Å². The zero-order valence-corrected chi connectivity index (χ0v) is 12.2. The summed E-state index contributed by atoms with van der Waals surface area (Å²) < 4.78 is 11.3. The molecule has 0 aromatic heterocycles. The van der Waals surface area contributed by atoms with Gasteiger partial charge in [0.15, 0.2) is 11.5 Å². The molecule has 0 aliphatic rings. The van der Waals surface area contributed by atoms with Crippen molar-refractivity contribution in [3.05, 3.63) is 59.7 Å². The van der Waals surface area contributed by atoms with Gasteiger partial charge in [0.05, 0.1) is 6.61 Å². The summed E-state index contributed by atoms with van der Waals surface area (Å²) in [6, 6.07) is 15.0. The molecule has 3 N–H and O–H groups in total. The van der Waals surface area contributed by atoms with E-state index in [1.165, 1.54) is 0 Å². The number of para-hydroxylation sites is 1. The zero-order chi connectivity index (χ0) is 15.1. The number of benzene rings is 2. The molecule has 0 fully saturated rings. The van der Waals surface area contributed by atoms with Gasteiger partial charge in [-0.25, -0.2) is 0 Å². The number of rotatable bonds is 7. The Morgan fingerprint density at radius 2 is 1.81 bits per heavy atom. The van der Waals surface area contributed by atoms with Crippen molar-refractivity contribution in [3.8, 4) is 11.5 Å². The van der Waals surface area contributed by atoms with Crippen molar-refractivity contribution in [2.75, 3.05) is 13.2 Å². The maximum Gasteiger partial charge on any atom is 0.165 e. The van der Waals surface area contributed by atoms with Crippen molar-refractivity contribution in [1.29, 1.82) is 0 Å². The molecule has 0 aliphatic heterocycles. The van der Waals surface area contributed by atoms with Gasteiger partial charge in [0.1, 0.15) is 12.7 Å². The Hall–Kier alpha value is -2.04. The van der Waals surface area contributed by atoms with Gasteiger partial charge in [-0.3, -0.25) is 0 Å². The lowest BCUT2D eigenvalue weighted by atomic mass is 10.1. The lowest BCUT2D eigenvalue weighted by Gasteiger charge is -2.17. The minimum atomic E-state index is -0.688. The van der Waals surface area contributed by atoms with E-state index in [0.717, 1.165) is 11.1 Å². The van der Waals surface area contributed by atoms with Crippen molar-refractivity contribution in [2.45, 2.75) is 19.6 Å². The van der Waals surface area contributed by atoms with Gasteiger partial charge in [0.25, 0.3) is 0 Å². The summed E-state index contributed by atoms with van der Waals surface area (Å²) in [5.41, 5.74) is 7.42. The summed E-state index contributed by atoms with van der Waals surface area (Å²) in [5, 5.41) is 10.2. The van der Waals surface area contributed by atoms with Crippen LogP contribution in [0.5, 0.6) is 11.5 Å². The summed E-state index contributed by atoms with van der Waals surface area (Å²) in [6.45, 7) is 2.97. The fourth-order valence-electron chi connectivity index (χ4n) is 2.09. The number of aliphatic hydroxyl groups excluding tert-OH is 1. The molecule has 0 bridgehead atoms. The van der Waals surface area contributed by atoms with Crippen LogP contribution in [0.1, 0.15) is 24.2 Å². The van der Waals surface area contributed by atoms with E-state index in [1.807, 2.05) is 55.5 Å². The van der Waals surface area contributed by atoms with Crippen LogP contribution in [0.25, 0.3) is 0 Å². The van der Waals surface area contributed by atoms with E-state index in [9.17, 15) is 5.11 Å². The number of hydrogen-bond donors (Lipinski definition) is 2. The van der Waals surface area contributed by atoms with Gasteiger partial charge in [-0.1, -0.05) is 42.5 Å². The third kappa shape index (κ3) is 3.97. The predicted octanol–water partition coefficient (Wildman–Crippen LogP) is 2.66. The molecule has 21 heavy (non-hydrogen) atoms. The summed E-state index contributed by atoms with van der Waals surface area (Å²) in [4.78, 5) is 0. The molecule has 0 radical (unpaired) electrons. The van der Waals surface area contributed by atoms with Crippen LogP contribution in [0.4, 0.5) is 0 Å². The van der Waals surface area contributed by atoms with Gasteiger partial charge in [-0.05, 0) is 18.6 Å². The fourth-order valence-corrected chi connectivity index (χ4v) is 2.09. The largest absolute Gasteiger partial charge is 0.490 e. The lowest BCUT2D eigenvalue weighted by molar-refractivity contribution is 0.105. The van der Waals surface area contributed by atoms with Crippen LogP contribution in [-0.4, -0.2) is 18.3 Å². The Kier molecular flexibility index (Phi) is 5.60. The topological polar surface area (TPSA) is 64.7 Å². The highest BCUT2D eigenvalue weighted by molar-refractivity contribution is 5.46. The molecule has 0 heterocycles. The van der Waals surface area contributed by atoms with E-state index < -0.39 is 6.10 Å². The SMILES string of the molecule is CCOc1cccc(CN)c1OCC(O)c1ccccc1. The van der Waals surface area contributed by atoms with Crippen LogP contribution in [0.15, 0.2) is 48.5 Å². The molecule has 1 atom stereocenters. The molecule has 4 nitrogen and oxygen atoms in total. The number of nitrogens with two attached hydrogens (primary N) is 1. The molecule has 2 rings (SSSR count). The van der Waals surface area contributed by atoms with Crippen LogP contribution in [0, 0.1) is 0 Å². The molecule has 4 heteroatoms. The Balaban J connectivity index is 2.11. The van der Waals surface area contributed by atoms with Crippen LogP contribution in [-0.2, 0) is 6.54 Å². The van der Waals surface area contributed by atoms with Crippen molar-refractivity contribution in [2.24, 2.45) is 5.73 Å². The van der Waals surface area contributed by atoms with Crippen molar-refractivity contribution in [3.63, 3.8) is 0 Å². The highest BCUT2D eigenvalue weighted by atomic mass is 16.5. The second-order valence-electron chi connectivity index (χ2n) is 4.62. The normalized spacial score (nSPS) is 12.0. The molecule has 0 aliphatic carbocycles. The smallest absolute Gasteiger partial charge is 0.165 e. The van der Waals surface area contributed by atoms with E-state index in [1.54, 1.807) is 0 Å². The van der Waals surface area contributed by atoms with Gasteiger partial charge in [-0.15, -0.1) is 0 Å². The third-order valence-electron chi connectivity index (χ3n) is 3.15. The zero-order valence-electron chi connectivity index (χ0n) is 12.2. The summed E-state index contributed by atoms with van der Waals surface area (Å²) in [6.07, 6.45) is -0.688. The molecule has 112 valence electrons. The molecule has 0 amide bonds. The van der Waals surface area contributed by atoms with Crippen LogP contribution in [0.2, 0.25) is 0 Å². The molecule has 0 spiro atoms. The minimum absolute atomic E-state index is 0.154. The van der Waals surface area contributed by atoms with E-state index in [0.29, 0.717) is 24.7 Å². The summed E-state index contributed by atoms with van der Waals surface area (Å²) in [7, 11) is 0. The second-order valence-corrected chi connectivity index (χ2v) is 4.62. The summed E-state index contributed by atoms with van der Waals surface area (Å²) in [5.74, 6) is 1.26. The second kappa shape index (κ2) is 7.67. The first-order valence-electron chi connectivity index (χ1n) is 7.06. The molecule has 2 aromatic rings. The van der Waals surface area contributed by atoms with Crippen LogP contribution in [0.3, 0.4) is 0 Å². The van der Waals surface area contributed by atoms with Crippen LogP contribution >= 0.6 is 0 Å². The summed E-state index contributed by atoms with van der Waals surface area (Å²) >= 11 is 0. The number of ether oxygens (including phenoxy) is 2. The van der Waals surface area contributed by atoms with Crippen molar-refractivity contribution >= 4 is 0 Å². The van der Waals surface area contributed by atoms with E-state index in [2.05, 4.69) is 0 Å². The standard InChI is InChI=1S/C17H21NO3/c1-2-20-16-10-6-9-14(11-18)17(16)21-12-15(19)13-7-4-3-5-8-13/h3-10,15,19H,2,11-12,18H2,1H3. The molecule has 2 aromatic carbocycles. The first kappa shape index (κ1) is 15.4. The Morgan fingerprint density at radius 3 is 2.48 bits per heavy atom. The third-order valence-corrected chi connectivity index (χ3v) is 3.15. The van der Waals surface area contributed by atoms with Gasteiger partial charge in [0.2, 0.25) is 0 Å². The minimum Gasteiger partial charge on any atom is -0.490 e. The highest BCUT2D eigenvalue weighted by Crippen LogP contribution is 2.32. The van der Waals surface area contributed by atoms with Crippen molar-refractivity contribution < 1.29 is 14.6 Å². The Bertz CT molecular complexity index is 557. The first-order valence-corrected chi connectivity index (χ1v) is 7.06. The van der Waals surface area contributed by atoms with E-state index in [-0.39, 0.29) is 6.61 Å². The van der Waals surface area contributed by atoms with E-state index in [4.69, 9.17) is 15.2 Å². The van der Waals surface area contributed by atoms with Gasteiger partial charge in [0, 0.05) is 12.1 Å². The maximum absolute atomic E-state index is 10.2. The van der Waals surface area contributed by atoms with Gasteiger partial charge < -0.3 is 20.3 Å². The first-order chi connectivity index (χ1) is 10.3. The number of aliphatic hydroxyl groups is 1. The van der Waals surface area contributed by atoms with Crippen LogP contribution < -0.4 is 15.2 Å². The molecule has 1 unspecified atom stereocenters. The molecule has 0 saturated carbocycles. The average molecular weight is 287 g/mol. The van der Waals surface area contributed by atoms with Gasteiger partial charge >= 0.3 is 0 Å². The van der Waals surface area contributed by atoms with Gasteiger partial charge in [-0.2, -0.15) is 0 Å². The fraction of sp³-hybridized carbons (Fsp3) is 0.294. The monoisotopic (exact) mass is 287 g/mol. The van der Waals surface area contributed by atoms with Crippen molar-refractivity contribution in [1.82, 2.24) is 0 Å². The molecular formula is C17H21NO3. The molecule has 0 saturated heterocycles. The maximum atomic E-state index is 10.2. The highest BCUT2D eigenvalue weighted by Gasteiger charge is 2.13. The predicted molar refractivity (Wildman–Crippen MR) is 82.4 cm³/mol. The Labute approximate surface area is 125 Å². The lowest BCUT2D eigenvalue weighted by Crippen LogP contribution is -2.12. The number of hydrogen-bond acceptors (Lipinski definition) is 4. The Morgan fingerprint density at radius 1 is 1.05 bits per heavy atom. The average Bonchev–Trinajstić information content (AvgIpc) is 2.54.